The van der Waals surface area contributed by atoms with Crippen LogP contribution in [0.5, 0.6) is 5.75 Å². The van der Waals surface area contributed by atoms with Crippen LogP contribution in [0.25, 0.3) is 0 Å². The SMILES string of the molecule is C[C@@H](OC(=O)c1ccc(OCc2cscn2)cc1)C(=O)NC(C)(C)C. The summed E-state index contributed by atoms with van der Waals surface area (Å²) in [5, 5.41) is 4.69. The van der Waals surface area contributed by atoms with Gasteiger partial charge in [-0.05, 0) is 52.0 Å². The summed E-state index contributed by atoms with van der Waals surface area (Å²) in [6, 6.07) is 6.58. The molecule has 2 rings (SSSR count). The quantitative estimate of drug-likeness (QED) is 0.799. The van der Waals surface area contributed by atoms with Crippen molar-refractivity contribution in [2.45, 2.75) is 45.9 Å². The molecule has 6 nitrogen and oxygen atoms in total. The van der Waals surface area contributed by atoms with Gasteiger partial charge in [0, 0.05) is 10.9 Å². The van der Waals surface area contributed by atoms with Crippen molar-refractivity contribution in [3.8, 4) is 5.75 Å². The Morgan fingerprint density at radius 3 is 2.48 bits per heavy atom. The summed E-state index contributed by atoms with van der Waals surface area (Å²) in [6.07, 6.45) is -0.868. The van der Waals surface area contributed by atoms with E-state index in [0.717, 1.165) is 5.69 Å². The lowest BCUT2D eigenvalue weighted by atomic mass is 10.1. The molecule has 25 heavy (non-hydrogen) atoms. The van der Waals surface area contributed by atoms with Gasteiger partial charge < -0.3 is 14.8 Å². The van der Waals surface area contributed by atoms with Gasteiger partial charge in [0.2, 0.25) is 0 Å². The number of carbonyl (C=O) groups is 2. The van der Waals surface area contributed by atoms with Gasteiger partial charge in [-0.2, -0.15) is 0 Å². The van der Waals surface area contributed by atoms with Crippen LogP contribution in [0.2, 0.25) is 0 Å². The molecule has 134 valence electrons. The maximum Gasteiger partial charge on any atom is 0.338 e. The van der Waals surface area contributed by atoms with Gasteiger partial charge in [-0.25, -0.2) is 9.78 Å². The summed E-state index contributed by atoms with van der Waals surface area (Å²) in [4.78, 5) is 28.2. The molecule has 1 atom stereocenters. The van der Waals surface area contributed by atoms with E-state index in [1.165, 1.54) is 11.3 Å². The van der Waals surface area contributed by atoms with Crippen molar-refractivity contribution in [3.05, 3.63) is 46.4 Å². The molecule has 1 N–H and O–H groups in total. The molecule has 1 amide bonds. The van der Waals surface area contributed by atoms with Gasteiger partial charge in [0.15, 0.2) is 6.10 Å². The predicted molar refractivity (Wildman–Crippen MR) is 95.7 cm³/mol. The first-order chi connectivity index (χ1) is 11.7. The molecule has 0 fully saturated rings. The fraction of sp³-hybridized carbons (Fsp3) is 0.389. The Labute approximate surface area is 151 Å². The molecule has 0 spiro atoms. The smallest absolute Gasteiger partial charge is 0.338 e. The fourth-order valence-corrected chi connectivity index (χ4v) is 2.45. The van der Waals surface area contributed by atoms with E-state index in [2.05, 4.69) is 10.3 Å². The van der Waals surface area contributed by atoms with E-state index in [1.807, 2.05) is 26.2 Å². The summed E-state index contributed by atoms with van der Waals surface area (Å²) in [7, 11) is 0. The standard InChI is InChI=1S/C18H22N2O4S/c1-12(16(21)20-18(2,3)4)24-17(22)13-5-7-15(8-6-13)23-9-14-10-25-11-19-14/h5-8,10-12H,9H2,1-4H3,(H,20,21)/t12-/m1/s1. The maximum atomic E-state index is 12.1. The number of hydrogen-bond donors (Lipinski definition) is 1. The Morgan fingerprint density at radius 1 is 1.24 bits per heavy atom. The summed E-state index contributed by atoms with van der Waals surface area (Å²) >= 11 is 1.51. The average molecular weight is 362 g/mol. The van der Waals surface area contributed by atoms with E-state index in [4.69, 9.17) is 9.47 Å². The number of hydrogen-bond acceptors (Lipinski definition) is 6. The second-order valence-corrected chi connectivity index (χ2v) is 7.30. The molecule has 0 aliphatic carbocycles. The molecular weight excluding hydrogens is 340 g/mol. The first kappa shape index (κ1) is 18.9. The third kappa shape index (κ3) is 6.19. The van der Waals surface area contributed by atoms with Crippen LogP contribution < -0.4 is 10.1 Å². The molecular formula is C18H22N2O4S. The lowest BCUT2D eigenvalue weighted by molar-refractivity contribution is -0.130. The van der Waals surface area contributed by atoms with E-state index < -0.39 is 12.1 Å². The summed E-state index contributed by atoms with van der Waals surface area (Å²) in [5.74, 6) is -0.255. The lowest BCUT2D eigenvalue weighted by Crippen LogP contribution is -2.46. The molecule has 0 saturated heterocycles. The molecule has 0 saturated carbocycles. The molecule has 1 heterocycles. The van der Waals surface area contributed by atoms with E-state index >= 15 is 0 Å². The number of carbonyl (C=O) groups excluding carboxylic acids is 2. The zero-order valence-electron chi connectivity index (χ0n) is 14.7. The number of nitrogens with one attached hydrogen (secondary N) is 1. The Hall–Kier alpha value is -2.41. The number of rotatable bonds is 6. The van der Waals surface area contributed by atoms with Crippen LogP contribution in [0.15, 0.2) is 35.2 Å². The number of nitrogens with zero attached hydrogens (tertiary/aromatic N) is 1. The molecule has 0 radical (unpaired) electrons. The van der Waals surface area contributed by atoms with Gasteiger partial charge in [0.1, 0.15) is 12.4 Å². The van der Waals surface area contributed by atoms with Crippen molar-refractivity contribution in [2.24, 2.45) is 0 Å². The maximum absolute atomic E-state index is 12.1. The van der Waals surface area contributed by atoms with E-state index in [-0.39, 0.29) is 11.4 Å². The number of esters is 1. The third-order valence-corrected chi connectivity index (χ3v) is 3.75. The molecule has 1 aromatic carbocycles. The van der Waals surface area contributed by atoms with E-state index in [9.17, 15) is 9.59 Å². The van der Waals surface area contributed by atoms with E-state index in [0.29, 0.717) is 17.9 Å². The number of amides is 1. The van der Waals surface area contributed by atoms with Crippen LogP contribution in [0, 0.1) is 0 Å². The van der Waals surface area contributed by atoms with Crippen molar-refractivity contribution < 1.29 is 19.1 Å². The average Bonchev–Trinajstić information content (AvgIpc) is 3.05. The van der Waals surface area contributed by atoms with Gasteiger partial charge in [-0.3, -0.25) is 4.79 Å². The number of aromatic nitrogens is 1. The van der Waals surface area contributed by atoms with Crippen LogP contribution in [-0.2, 0) is 16.1 Å². The Kier molecular flexibility index (Phi) is 6.14. The van der Waals surface area contributed by atoms with Crippen LogP contribution >= 0.6 is 11.3 Å². The summed E-state index contributed by atoms with van der Waals surface area (Å²) in [5.41, 5.74) is 2.58. The van der Waals surface area contributed by atoms with Crippen molar-refractivity contribution in [1.82, 2.24) is 10.3 Å². The zero-order chi connectivity index (χ0) is 18.4. The predicted octanol–water partition coefficient (Wildman–Crippen LogP) is 3.18. The highest BCUT2D eigenvalue weighted by atomic mass is 32.1. The number of benzene rings is 1. The minimum Gasteiger partial charge on any atom is -0.487 e. The summed E-state index contributed by atoms with van der Waals surface area (Å²) in [6.45, 7) is 7.51. The van der Waals surface area contributed by atoms with Crippen molar-refractivity contribution >= 4 is 23.2 Å². The van der Waals surface area contributed by atoms with Crippen LogP contribution in [-0.4, -0.2) is 28.5 Å². The summed E-state index contributed by atoms with van der Waals surface area (Å²) < 4.78 is 10.8. The minimum atomic E-state index is -0.868. The molecule has 7 heteroatoms. The number of ether oxygens (including phenoxy) is 2. The van der Waals surface area contributed by atoms with Gasteiger partial charge >= 0.3 is 5.97 Å². The highest BCUT2D eigenvalue weighted by Crippen LogP contribution is 2.15. The molecule has 0 aliphatic heterocycles. The number of thiazole rings is 1. The fourth-order valence-electron chi connectivity index (χ4n) is 1.91. The monoisotopic (exact) mass is 362 g/mol. The van der Waals surface area contributed by atoms with Gasteiger partial charge in [-0.15, -0.1) is 11.3 Å². The lowest BCUT2D eigenvalue weighted by Gasteiger charge is -2.23. The molecule has 0 unspecified atom stereocenters. The molecule has 0 bridgehead atoms. The highest BCUT2D eigenvalue weighted by Gasteiger charge is 2.22. The second-order valence-electron chi connectivity index (χ2n) is 6.58. The molecule has 1 aromatic heterocycles. The van der Waals surface area contributed by atoms with Crippen molar-refractivity contribution in [2.75, 3.05) is 0 Å². The van der Waals surface area contributed by atoms with E-state index in [1.54, 1.807) is 36.7 Å². The van der Waals surface area contributed by atoms with Crippen molar-refractivity contribution in [3.63, 3.8) is 0 Å². The Morgan fingerprint density at radius 2 is 1.92 bits per heavy atom. The largest absolute Gasteiger partial charge is 0.487 e. The normalized spacial score (nSPS) is 12.3. The minimum absolute atomic E-state index is 0.330. The van der Waals surface area contributed by atoms with Gasteiger partial charge in [-0.1, -0.05) is 0 Å². The van der Waals surface area contributed by atoms with Gasteiger partial charge in [0.25, 0.3) is 5.91 Å². The Bertz CT molecular complexity index is 706. The van der Waals surface area contributed by atoms with Crippen molar-refractivity contribution in [1.29, 1.82) is 0 Å². The van der Waals surface area contributed by atoms with Crippen LogP contribution in [0.3, 0.4) is 0 Å². The Balaban J connectivity index is 1.88. The third-order valence-electron chi connectivity index (χ3n) is 3.11. The second kappa shape index (κ2) is 8.11. The van der Waals surface area contributed by atoms with Crippen LogP contribution in [0.1, 0.15) is 43.7 Å². The highest BCUT2D eigenvalue weighted by molar-refractivity contribution is 7.07. The zero-order valence-corrected chi connectivity index (χ0v) is 15.6. The first-order valence-corrected chi connectivity index (χ1v) is 8.82. The van der Waals surface area contributed by atoms with Crippen LogP contribution in [0.4, 0.5) is 0 Å². The molecule has 2 aromatic rings. The molecule has 0 aliphatic rings. The topological polar surface area (TPSA) is 77.5 Å². The first-order valence-electron chi connectivity index (χ1n) is 7.87. The van der Waals surface area contributed by atoms with Gasteiger partial charge in [0.05, 0.1) is 16.8 Å².